The van der Waals surface area contributed by atoms with Crippen molar-refractivity contribution in [3.63, 3.8) is 0 Å². The summed E-state index contributed by atoms with van der Waals surface area (Å²) in [6.07, 6.45) is 0.665. The molecule has 0 aromatic heterocycles. The Labute approximate surface area is 197 Å². The smallest absolute Gasteiger partial charge is 0.259 e. The van der Waals surface area contributed by atoms with E-state index in [1.807, 2.05) is 24.3 Å². The van der Waals surface area contributed by atoms with Gasteiger partial charge < -0.3 is 14.8 Å². The molecule has 172 valence electrons. The lowest BCUT2D eigenvalue weighted by atomic mass is 10.0. The van der Waals surface area contributed by atoms with Crippen molar-refractivity contribution < 1.29 is 19.1 Å². The molecule has 0 saturated carbocycles. The van der Waals surface area contributed by atoms with Crippen LogP contribution < -0.4 is 14.8 Å². The van der Waals surface area contributed by atoms with Gasteiger partial charge in [-0.25, -0.2) is 9.89 Å². The van der Waals surface area contributed by atoms with Crippen LogP contribution in [-0.4, -0.2) is 53.7 Å². The van der Waals surface area contributed by atoms with Gasteiger partial charge in [-0.1, -0.05) is 37.7 Å². The van der Waals surface area contributed by atoms with Crippen molar-refractivity contribution in [1.29, 1.82) is 0 Å². The molecule has 2 heterocycles. The maximum Gasteiger partial charge on any atom is 0.259 e. The van der Waals surface area contributed by atoms with Crippen LogP contribution in [0.2, 0.25) is 0 Å². The van der Waals surface area contributed by atoms with E-state index >= 15 is 0 Å². The Morgan fingerprint density at radius 1 is 1.15 bits per heavy atom. The van der Waals surface area contributed by atoms with Gasteiger partial charge in [0.25, 0.3) is 5.91 Å². The van der Waals surface area contributed by atoms with Crippen molar-refractivity contribution in [2.24, 2.45) is 15.9 Å². The Kier molecular flexibility index (Phi) is 6.69. The number of ether oxygens (including phenoxy) is 2. The predicted molar refractivity (Wildman–Crippen MR) is 131 cm³/mol. The maximum atomic E-state index is 13.2. The van der Waals surface area contributed by atoms with E-state index in [2.05, 4.69) is 24.2 Å². The summed E-state index contributed by atoms with van der Waals surface area (Å²) in [4.78, 5) is 36.8. The van der Waals surface area contributed by atoms with Crippen molar-refractivity contribution in [3.8, 4) is 11.5 Å². The molecule has 0 spiro atoms. The van der Waals surface area contributed by atoms with Crippen LogP contribution in [0.3, 0.4) is 0 Å². The molecule has 0 saturated heterocycles. The topological polar surface area (TPSA) is 92.6 Å². The molecular formula is C24H26N4O4S. The van der Waals surface area contributed by atoms with Crippen molar-refractivity contribution in [2.45, 2.75) is 26.3 Å². The van der Waals surface area contributed by atoms with Gasteiger partial charge in [-0.3, -0.25) is 14.6 Å². The quantitative estimate of drug-likeness (QED) is 0.664. The van der Waals surface area contributed by atoms with Gasteiger partial charge in [-0.05, 0) is 36.6 Å². The molecule has 9 heteroatoms. The molecule has 0 bridgehead atoms. The SMILES string of the molecule is COc1ccc(NC(=O)CSC2=Nc3ccccc3C3=N[C@@H](CC(C)C)C(=O)N23)cc1OC. The zero-order valence-electron chi connectivity index (χ0n) is 19.0. The average molecular weight is 467 g/mol. The Hall–Kier alpha value is -3.33. The summed E-state index contributed by atoms with van der Waals surface area (Å²) < 4.78 is 10.5. The number of carbonyl (C=O) groups is 2. The van der Waals surface area contributed by atoms with E-state index in [0.717, 1.165) is 11.3 Å². The highest BCUT2D eigenvalue weighted by molar-refractivity contribution is 8.14. The number of carbonyl (C=O) groups excluding carboxylic acids is 2. The Morgan fingerprint density at radius 2 is 1.91 bits per heavy atom. The molecule has 4 rings (SSSR count). The molecule has 2 aromatic rings. The first-order chi connectivity index (χ1) is 15.9. The van der Waals surface area contributed by atoms with Crippen molar-refractivity contribution in [3.05, 3.63) is 48.0 Å². The third-order valence-corrected chi connectivity index (χ3v) is 6.18. The lowest BCUT2D eigenvalue weighted by Crippen LogP contribution is -2.41. The van der Waals surface area contributed by atoms with Crippen LogP contribution in [0.4, 0.5) is 11.4 Å². The first-order valence-corrected chi connectivity index (χ1v) is 11.6. The van der Waals surface area contributed by atoms with Gasteiger partial charge in [0.15, 0.2) is 16.7 Å². The van der Waals surface area contributed by atoms with Gasteiger partial charge in [-0.15, -0.1) is 0 Å². The molecule has 1 N–H and O–H groups in total. The van der Waals surface area contributed by atoms with Gasteiger partial charge in [0.1, 0.15) is 11.9 Å². The number of para-hydroxylation sites is 1. The second kappa shape index (κ2) is 9.66. The average Bonchev–Trinajstić information content (AvgIpc) is 3.13. The van der Waals surface area contributed by atoms with E-state index in [-0.39, 0.29) is 17.6 Å². The van der Waals surface area contributed by atoms with Gasteiger partial charge in [0.2, 0.25) is 5.91 Å². The van der Waals surface area contributed by atoms with Crippen LogP contribution in [0.5, 0.6) is 11.5 Å². The van der Waals surface area contributed by atoms with Crippen LogP contribution in [0.25, 0.3) is 0 Å². The van der Waals surface area contributed by atoms with Crippen LogP contribution in [0.1, 0.15) is 25.8 Å². The molecule has 0 fully saturated rings. The number of aliphatic imine (C=N–C) groups is 2. The fraction of sp³-hybridized carbons (Fsp3) is 0.333. The van der Waals surface area contributed by atoms with E-state index in [1.54, 1.807) is 30.2 Å². The standard InChI is InChI=1S/C24H26N4O4S/c1-14(2)11-18-23(30)28-22(26-18)16-7-5-6-8-17(16)27-24(28)33-13-21(29)25-15-9-10-19(31-3)20(12-15)32-4/h5-10,12,14,18H,11,13H2,1-4H3,(H,25,29)/t18-/m0/s1. The van der Waals surface area contributed by atoms with E-state index in [4.69, 9.17) is 14.5 Å². The number of nitrogens with zero attached hydrogens (tertiary/aromatic N) is 3. The molecule has 0 aliphatic carbocycles. The monoisotopic (exact) mass is 466 g/mol. The minimum Gasteiger partial charge on any atom is -0.493 e. The highest BCUT2D eigenvalue weighted by atomic mass is 32.2. The summed E-state index contributed by atoms with van der Waals surface area (Å²) in [6.45, 7) is 4.14. The number of thioether (sulfide) groups is 1. The van der Waals surface area contributed by atoms with Gasteiger partial charge in [-0.2, -0.15) is 0 Å². The van der Waals surface area contributed by atoms with Crippen LogP contribution in [0, 0.1) is 5.92 Å². The number of amides is 2. The summed E-state index contributed by atoms with van der Waals surface area (Å²) in [5.74, 6) is 1.81. The zero-order chi connectivity index (χ0) is 23.5. The highest BCUT2D eigenvalue weighted by Gasteiger charge is 2.41. The maximum absolute atomic E-state index is 13.2. The molecule has 2 amide bonds. The normalized spacial score (nSPS) is 16.7. The van der Waals surface area contributed by atoms with Crippen LogP contribution in [-0.2, 0) is 9.59 Å². The zero-order valence-corrected chi connectivity index (χ0v) is 19.8. The van der Waals surface area contributed by atoms with Crippen LogP contribution in [0.15, 0.2) is 52.4 Å². The number of rotatable bonds is 7. The first-order valence-electron chi connectivity index (χ1n) is 10.7. The largest absolute Gasteiger partial charge is 0.493 e. The molecular weight excluding hydrogens is 440 g/mol. The third-order valence-electron chi connectivity index (χ3n) is 5.24. The lowest BCUT2D eigenvalue weighted by molar-refractivity contribution is -0.125. The molecule has 1 atom stereocenters. The van der Waals surface area contributed by atoms with Crippen molar-refractivity contribution in [1.82, 2.24) is 4.90 Å². The highest BCUT2D eigenvalue weighted by Crippen LogP contribution is 2.35. The van der Waals surface area contributed by atoms with Gasteiger partial charge in [0, 0.05) is 17.3 Å². The minimum atomic E-state index is -0.433. The number of methoxy groups -OCH3 is 2. The fourth-order valence-electron chi connectivity index (χ4n) is 3.74. The van der Waals surface area contributed by atoms with Gasteiger partial charge in [0.05, 0.1) is 25.7 Å². The Balaban J connectivity index is 1.51. The number of nitrogens with one attached hydrogen (secondary N) is 1. The molecule has 8 nitrogen and oxygen atoms in total. The molecule has 0 radical (unpaired) electrons. The number of benzene rings is 2. The Bertz CT molecular complexity index is 1150. The van der Waals surface area contributed by atoms with Crippen molar-refractivity contribution in [2.75, 3.05) is 25.3 Å². The predicted octanol–water partition coefficient (Wildman–Crippen LogP) is 4.08. The number of anilines is 1. The minimum absolute atomic E-state index is 0.0846. The summed E-state index contributed by atoms with van der Waals surface area (Å²) in [5.41, 5.74) is 2.16. The number of amidine groups is 2. The van der Waals surface area contributed by atoms with E-state index in [9.17, 15) is 9.59 Å². The number of hydrogen-bond donors (Lipinski definition) is 1. The van der Waals surface area contributed by atoms with Crippen LogP contribution >= 0.6 is 11.8 Å². The summed E-state index contributed by atoms with van der Waals surface area (Å²) in [7, 11) is 3.09. The second-order valence-electron chi connectivity index (χ2n) is 8.09. The van der Waals surface area contributed by atoms with E-state index < -0.39 is 6.04 Å². The van der Waals surface area contributed by atoms with E-state index in [0.29, 0.717) is 40.5 Å². The Morgan fingerprint density at radius 3 is 2.64 bits per heavy atom. The van der Waals surface area contributed by atoms with Gasteiger partial charge >= 0.3 is 0 Å². The summed E-state index contributed by atoms with van der Waals surface area (Å²) >= 11 is 1.21. The number of hydrogen-bond acceptors (Lipinski definition) is 7. The third kappa shape index (κ3) is 4.73. The number of fused-ring (bicyclic) bond motifs is 3. The van der Waals surface area contributed by atoms with E-state index in [1.165, 1.54) is 18.9 Å². The first kappa shape index (κ1) is 22.8. The molecule has 2 aliphatic rings. The second-order valence-corrected chi connectivity index (χ2v) is 9.03. The van der Waals surface area contributed by atoms with Crippen molar-refractivity contribution >= 4 is 46.0 Å². The summed E-state index contributed by atoms with van der Waals surface area (Å²) in [5, 5.41) is 3.31. The molecule has 2 aliphatic heterocycles. The molecule has 33 heavy (non-hydrogen) atoms. The lowest BCUT2D eigenvalue weighted by Gasteiger charge is -2.25. The summed E-state index contributed by atoms with van der Waals surface area (Å²) in [6, 6.07) is 12.3. The molecule has 2 aromatic carbocycles. The fourth-order valence-corrected chi connectivity index (χ4v) is 4.54. The molecule has 0 unspecified atom stereocenters.